The molecule has 10 heteroatoms. The van der Waals surface area contributed by atoms with Gasteiger partial charge in [0.1, 0.15) is 17.2 Å². The summed E-state index contributed by atoms with van der Waals surface area (Å²) in [5, 5.41) is 9.13. The highest BCUT2D eigenvalue weighted by atomic mass is 35.5. The van der Waals surface area contributed by atoms with E-state index in [1.165, 1.54) is 12.1 Å². The number of fused-ring (bicyclic) bond motifs is 2. The van der Waals surface area contributed by atoms with Crippen LogP contribution in [0.15, 0.2) is 35.9 Å². The third kappa shape index (κ3) is 3.29. The second-order valence-electron chi connectivity index (χ2n) is 5.88. The van der Waals surface area contributed by atoms with Crippen molar-refractivity contribution in [3.8, 4) is 28.7 Å². The molecule has 146 valence electrons. The Morgan fingerprint density at radius 2 is 1.89 bits per heavy atom. The Balaban J connectivity index is 1.69. The zero-order valence-corrected chi connectivity index (χ0v) is 14.5. The summed E-state index contributed by atoms with van der Waals surface area (Å²) < 4.78 is 60.5. The van der Waals surface area contributed by atoms with Crippen LogP contribution in [0.1, 0.15) is 5.56 Å². The summed E-state index contributed by atoms with van der Waals surface area (Å²) in [5.41, 5.74) is -0.832. The van der Waals surface area contributed by atoms with E-state index in [-0.39, 0.29) is 28.9 Å². The molecule has 2 aliphatic rings. The summed E-state index contributed by atoms with van der Waals surface area (Å²) in [6.07, 6.45) is -6.62. The predicted molar refractivity (Wildman–Crippen MR) is 90.2 cm³/mol. The zero-order chi connectivity index (χ0) is 20.1. The van der Waals surface area contributed by atoms with E-state index in [0.717, 1.165) is 6.08 Å². The van der Waals surface area contributed by atoms with E-state index in [0.29, 0.717) is 17.2 Å². The first-order chi connectivity index (χ1) is 13.2. The minimum absolute atomic E-state index is 0.0346. The highest BCUT2D eigenvalue weighted by molar-refractivity contribution is 6.32. The molecule has 0 unspecified atom stereocenters. The van der Waals surface area contributed by atoms with Crippen LogP contribution in [0.3, 0.4) is 0 Å². The summed E-state index contributed by atoms with van der Waals surface area (Å²) in [6, 6.07) is 7.18. The average molecular weight is 415 g/mol. The van der Waals surface area contributed by atoms with Crippen molar-refractivity contribution in [1.82, 2.24) is 0 Å². The lowest BCUT2D eigenvalue weighted by molar-refractivity contribution is -0.187. The molecule has 4 rings (SSSR count). The topological polar surface area (TPSA) is 74.2 Å². The molecule has 0 aromatic heterocycles. The molecule has 1 N–H and O–H groups in total. The van der Waals surface area contributed by atoms with E-state index in [2.05, 4.69) is 0 Å². The zero-order valence-electron chi connectivity index (χ0n) is 13.7. The van der Waals surface area contributed by atoms with Gasteiger partial charge in [0, 0.05) is 17.7 Å². The fourth-order valence-corrected chi connectivity index (χ4v) is 2.97. The molecule has 0 fully saturated rings. The van der Waals surface area contributed by atoms with Crippen molar-refractivity contribution in [3.05, 3.63) is 46.5 Å². The molecule has 1 atom stereocenters. The van der Waals surface area contributed by atoms with Crippen molar-refractivity contribution in [1.29, 1.82) is 0 Å². The van der Waals surface area contributed by atoms with Crippen molar-refractivity contribution >= 4 is 23.6 Å². The average Bonchev–Trinajstić information content (AvgIpc) is 3.08. The lowest BCUT2D eigenvalue weighted by Gasteiger charge is -2.27. The summed E-state index contributed by atoms with van der Waals surface area (Å²) in [7, 11) is 0. The number of rotatable bonds is 3. The van der Waals surface area contributed by atoms with E-state index >= 15 is 0 Å². The smallest absolute Gasteiger partial charge is 0.430 e. The third-order valence-electron chi connectivity index (χ3n) is 4.02. The van der Waals surface area contributed by atoms with Gasteiger partial charge in [0.25, 0.3) is 0 Å². The van der Waals surface area contributed by atoms with Gasteiger partial charge in [0.05, 0.1) is 10.6 Å². The Morgan fingerprint density at radius 1 is 1.14 bits per heavy atom. The quantitative estimate of drug-likeness (QED) is 0.788. The fourth-order valence-electron chi connectivity index (χ4n) is 2.76. The van der Waals surface area contributed by atoms with Gasteiger partial charge in [-0.05, 0) is 24.3 Å². The molecular formula is C18H10ClF3O6. The highest BCUT2D eigenvalue weighted by Crippen LogP contribution is 2.43. The van der Waals surface area contributed by atoms with Crippen molar-refractivity contribution in [2.75, 3.05) is 6.79 Å². The Labute approximate surface area is 160 Å². The first-order valence-electron chi connectivity index (χ1n) is 7.81. The SMILES string of the molecule is O=C(O)C1=Cc2cc(Cl)c(Oc3ccc4c(c3)OCO4)cc2O[C@H]1C(F)(F)F. The first-order valence-corrected chi connectivity index (χ1v) is 8.19. The summed E-state index contributed by atoms with van der Waals surface area (Å²) >= 11 is 6.15. The number of carboxylic acids is 1. The van der Waals surface area contributed by atoms with Gasteiger partial charge in [-0.15, -0.1) is 0 Å². The minimum Gasteiger partial charge on any atom is -0.478 e. The van der Waals surface area contributed by atoms with Crippen molar-refractivity contribution < 1.29 is 42.0 Å². The fraction of sp³-hybridized carbons (Fsp3) is 0.167. The van der Waals surface area contributed by atoms with Crippen LogP contribution in [-0.2, 0) is 4.79 Å². The largest absolute Gasteiger partial charge is 0.478 e. The van der Waals surface area contributed by atoms with Crippen LogP contribution >= 0.6 is 11.6 Å². The molecule has 2 aliphatic heterocycles. The number of hydrogen-bond donors (Lipinski definition) is 1. The number of alkyl halides is 3. The maximum absolute atomic E-state index is 13.2. The van der Waals surface area contributed by atoms with Crippen molar-refractivity contribution in [2.45, 2.75) is 12.3 Å². The Morgan fingerprint density at radius 3 is 2.61 bits per heavy atom. The van der Waals surface area contributed by atoms with Crippen LogP contribution < -0.4 is 18.9 Å². The monoisotopic (exact) mass is 414 g/mol. The number of benzene rings is 2. The van der Waals surface area contributed by atoms with Gasteiger partial charge in [-0.2, -0.15) is 13.2 Å². The highest BCUT2D eigenvalue weighted by Gasteiger charge is 2.48. The van der Waals surface area contributed by atoms with Gasteiger partial charge in [-0.1, -0.05) is 11.6 Å². The normalized spacial score (nSPS) is 17.4. The van der Waals surface area contributed by atoms with Crippen LogP contribution in [0.4, 0.5) is 13.2 Å². The van der Waals surface area contributed by atoms with Crippen LogP contribution in [0.2, 0.25) is 5.02 Å². The van der Waals surface area contributed by atoms with Crippen LogP contribution in [-0.4, -0.2) is 30.1 Å². The van der Waals surface area contributed by atoms with Crippen molar-refractivity contribution in [3.63, 3.8) is 0 Å². The number of carbonyl (C=O) groups is 1. The van der Waals surface area contributed by atoms with E-state index < -0.39 is 23.8 Å². The van der Waals surface area contributed by atoms with Crippen LogP contribution in [0, 0.1) is 0 Å². The number of carboxylic acid groups (broad SMARTS) is 1. The predicted octanol–water partition coefficient (Wildman–Crippen LogP) is 4.65. The molecular weight excluding hydrogens is 405 g/mol. The molecule has 0 saturated heterocycles. The molecule has 2 aromatic carbocycles. The summed E-state index contributed by atoms with van der Waals surface area (Å²) in [4.78, 5) is 11.2. The van der Waals surface area contributed by atoms with Crippen LogP contribution in [0.5, 0.6) is 28.7 Å². The van der Waals surface area contributed by atoms with Gasteiger partial charge in [0.2, 0.25) is 12.9 Å². The first kappa shape index (κ1) is 18.3. The maximum Gasteiger partial charge on any atom is 0.430 e. The third-order valence-corrected chi connectivity index (χ3v) is 4.31. The molecule has 2 aromatic rings. The molecule has 0 spiro atoms. The molecule has 0 saturated carbocycles. The molecule has 28 heavy (non-hydrogen) atoms. The van der Waals surface area contributed by atoms with E-state index in [1.54, 1.807) is 18.2 Å². The Kier molecular flexibility index (Phi) is 4.26. The van der Waals surface area contributed by atoms with Gasteiger partial charge < -0.3 is 24.1 Å². The molecule has 0 radical (unpaired) electrons. The Bertz CT molecular complexity index is 1000. The second-order valence-corrected chi connectivity index (χ2v) is 6.29. The van der Waals surface area contributed by atoms with Gasteiger partial charge in [-0.3, -0.25) is 0 Å². The lowest BCUT2D eigenvalue weighted by atomic mass is 10.0. The summed E-state index contributed by atoms with van der Waals surface area (Å²) in [5.74, 6) is -0.596. The molecule has 0 aliphatic carbocycles. The number of aliphatic carboxylic acids is 1. The standard InChI is InChI=1S/C18H10ClF3O6/c19-11-4-8-3-10(17(23)24)16(18(20,21)22)28-13(8)6-14(11)27-9-1-2-12-15(5-9)26-7-25-12/h1-6,16H,7H2,(H,23,24)/t16-/m1/s1. The molecule has 0 bridgehead atoms. The minimum atomic E-state index is -4.90. The summed E-state index contributed by atoms with van der Waals surface area (Å²) in [6.45, 7) is 0.0727. The molecule has 0 amide bonds. The van der Waals surface area contributed by atoms with E-state index in [4.69, 9.17) is 35.7 Å². The van der Waals surface area contributed by atoms with E-state index in [1.807, 2.05) is 0 Å². The Hall–Kier alpha value is -3.07. The lowest BCUT2D eigenvalue weighted by Crippen LogP contribution is -2.40. The number of hydrogen-bond acceptors (Lipinski definition) is 5. The molecule has 2 heterocycles. The van der Waals surface area contributed by atoms with E-state index in [9.17, 15) is 18.0 Å². The van der Waals surface area contributed by atoms with Crippen LogP contribution in [0.25, 0.3) is 6.08 Å². The molecule has 6 nitrogen and oxygen atoms in total. The van der Waals surface area contributed by atoms with Gasteiger partial charge in [0.15, 0.2) is 11.5 Å². The number of ether oxygens (including phenoxy) is 4. The van der Waals surface area contributed by atoms with Crippen molar-refractivity contribution in [2.24, 2.45) is 0 Å². The van der Waals surface area contributed by atoms with Gasteiger partial charge in [-0.25, -0.2) is 4.79 Å². The number of halogens is 4. The second kappa shape index (κ2) is 6.52. The van der Waals surface area contributed by atoms with Gasteiger partial charge >= 0.3 is 12.1 Å². The maximum atomic E-state index is 13.2.